The molecule has 7 heteroatoms. The van der Waals surface area contributed by atoms with Gasteiger partial charge in [0.25, 0.3) is 0 Å². The number of benzene rings is 2. The minimum Gasteiger partial charge on any atom is -0.330 e. The molecular formula is C22H22N6O. The van der Waals surface area contributed by atoms with Crippen LogP contribution in [-0.4, -0.2) is 31.5 Å². The second-order valence-corrected chi connectivity index (χ2v) is 6.80. The molecule has 1 N–H and O–H groups in total. The van der Waals surface area contributed by atoms with E-state index in [1.807, 2.05) is 77.7 Å². The van der Waals surface area contributed by atoms with Crippen LogP contribution >= 0.6 is 0 Å². The van der Waals surface area contributed by atoms with Crippen LogP contribution in [0.1, 0.15) is 23.4 Å². The molecule has 4 aromatic rings. The van der Waals surface area contributed by atoms with Gasteiger partial charge in [-0.05, 0) is 38.1 Å². The Balaban J connectivity index is 1.39. The van der Waals surface area contributed by atoms with Crippen LogP contribution in [0.4, 0.5) is 0 Å². The number of imidazole rings is 1. The van der Waals surface area contributed by atoms with Gasteiger partial charge in [0.2, 0.25) is 5.91 Å². The lowest BCUT2D eigenvalue weighted by Crippen LogP contribution is -2.19. The van der Waals surface area contributed by atoms with E-state index in [0.717, 1.165) is 33.7 Å². The molecule has 4 rings (SSSR count). The molecule has 0 spiro atoms. The van der Waals surface area contributed by atoms with Crippen LogP contribution in [0, 0.1) is 13.8 Å². The van der Waals surface area contributed by atoms with E-state index in [-0.39, 0.29) is 5.91 Å². The van der Waals surface area contributed by atoms with Gasteiger partial charge < -0.3 is 4.57 Å². The summed E-state index contributed by atoms with van der Waals surface area (Å²) in [5.74, 6) is -0.148. The first-order valence-corrected chi connectivity index (χ1v) is 9.47. The van der Waals surface area contributed by atoms with E-state index in [9.17, 15) is 4.79 Å². The normalized spacial score (nSPS) is 11.4. The van der Waals surface area contributed by atoms with Gasteiger partial charge in [-0.2, -0.15) is 10.2 Å². The maximum atomic E-state index is 12.2. The molecule has 0 saturated carbocycles. The first kappa shape index (κ1) is 18.6. The summed E-state index contributed by atoms with van der Waals surface area (Å²) in [6.07, 6.45) is 3.73. The summed E-state index contributed by atoms with van der Waals surface area (Å²) in [6.45, 7) is 4.46. The Bertz CT molecular complexity index is 1170. The Morgan fingerprint density at radius 2 is 1.86 bits per heavy atom. The SMILES string of the molecule is Cc1nn(-c2ccccc2)c(C)c1/C=N\NC(=O)CCn1cnc2ccccc21. The molecule has 0 bridgehead atoms. The number of hydrogen-bond acceptors (Lipinski definition) is 4. The van der Waals surface area contributed by atoms with Crippen molar-refractivity contribution in [3.63, 3.8) is 0 Å². The van der Waals surface area contributed by atoms with Crippen LogP contribution in [0.5, 0.6) is 0 Å². The third-order valence-corrected chi connectivity index (χ3v) is 4.84. The summed E-state index contributed by atoms with van der Waals surface area (Å²) in [6, 6.07) is 17.8. The molecule has 146 valence electrons. The highest BCUT2D eigenvalue weighted by atomic mass is 16.2. The highest BCUT2D eigenvalue weighted by Gasteiger charge is 2.11. The summed E-state index contributed by atoms with van der Waals surface area (Å²) < 4.78 is 3.85. The van der Waals surface area contributed by atoms with Gasteiger partial charge >= 0.3 is 0 Å². The molecule has 0 aliphatic carbocycles. The van der Waals surface area contributed by atoms with E-state index in [1.165, 1.54) is 0 Å². The number of amides is 1. The van der Waals surface area contributed by atoms with Crippen LogP contribution in [0.3, 0.4) is 0 Å². The summed E-state index contributed by atoms with van der Waals surface area (Å²) in [4.78, 5) is 16.5. The maximum absolute atomic E-state index is 12.2. The smallest absolute Gasteiger partial charge is 0.241 e. The summed E-state index contributed by atoms with van der Waals surface area (Å²) in [5, 5.41) is 8.71. The number of hydrogen-bond donors (Lipinski definition) is 1. The largest absolute Gasteiger partial charge is 0.330 e. The van der Waals surface area contributed by atoms with Gasteiger partial charge in [0, 0.05) is 18.5 Å². The van der Waals surface area contributed by atoms with Gasteiger partial charge in [0.1, 0.15) is 0 Å². The van der Waals surface area contributed by atoms with Crippen molar-refractivity contribution >= 4 is 23.2 Å². The summed E-state index contributed by atoms with van der Waals surface area (Å²) in [7, 11) is 0. The van der Waals surface area contributed by atoms with Crippen LogP contribution < -0.4 is 5.43 Å². The molecule has 0 unspecified atom stereocenters. The fourth-order valence-electron chi connectivity index (χ4n) is 3.30. The zero-order valence-corrected chi connectivity index (χ0v) is 16.4. The van der Waals surface area contributed by atoms with Gasteiger partial charge in [-0.15, -0.1) is 0 Å². The van der Waals surface area contributed by atoms with Crippen molar-refractivity contribution in [1.29, 1.82) is 0 Å². The lowest BCUT2D eigenvalue weighted by molar-refractivity contribution is -0.121. The minimum absolute atomic E-state index is 0.148. The number of aryl methyl sites for hydroxylation is 2. The number of carbonyl (C=O) groups excluding carboxylic acids is 1. The first-order valence-electron chi connectivity index (χ1n) is 9.47. The number of hydrazone groups is 1. The van der Waals surface area contributed by atoms with E-state index in [4.69, 9.17) is 0 Å². The average molecular weight is 386 g/mol. The van der Waals surface area contributed by atoms with E-state index in [2.05, 4.69) is 20.6 Å². The van der Waals surface area contributed by atoms with Crippen LogP contribution in [0.25, 0.3) is 16.7 Å². The monoisotopic (exact) mass is 386 g/mol. The zero-order chi connectivity index (χ0) is 20.2. The van der Waals surface area contributed by atoms with Crippen molar-refractivity contribution in [2.45, 2.75) is 26.8 Å². The van der Waals surface area contributed by atoms with Gasteiger partial charge in [0.15, 0.2) is 0 Å². The van der Waals surface area contributed by atoms with Gasteiger partial charge in [0.05, 0.1) is 40.7 Å². The number of rotatable bonds is 6. The molecule has 7 nitrogen and oxygen atoms in total. The lowest BCUT2D eigenvalue weighted by Gasteiger charge is -2.04. The number of carbonyl (C=O) groups is 1. The molecule has 1 amide bonds. The van der Waals surface area contributed by atoms with Crippen molar-refractivity contribution in [3.8, 4) is 5.69 Å². The van der Waals surface area contributed by atoms with Crippen molar-refractivity contribution in [2.24, 2.45) is 5.10 Å². The number of fused-ring (bicyclic) bond motifs is 1. The third kappa shape index (κ3) is 3.94. The fraction of sp³-hybridized carbons (Fsp3) is 0.182. The molecule has 0 saturated heterocycles. The Kier molecular flexibility index (Phi) is 5.20. The number of para-hydroxylation sites is 3. The van der Waals surface area contributed by atoms with E-state index < -0.39 is 0 Å². The number of aromatic nitrogens is 4. The second-order valence-electron chi connectivity index (χ2n) is 6.80. The molecule has 2 heterocycles. The predicted molar refractivity (Wildman–Crippen MR) is 113 cm³/mol. The topological polar surface area (TPSA) is 77.1 Å². The highest BCUT2D eigenvalue weighted by Crippen LogP contribution is 2.16. The van der Waals surface area contributed by atoms with Crippen LogP contribution in [0.2, 0.25) is 0 Å². The number of nitrogens with one attached hydrogen (secondary N) is 1. The molecule has 0 aliphatic rings. The van der Waals surface area contributed by atoms with E-state index in [1.54, 1.807) is 12.5 Å². The van der Waals surface area contributed by atoms with E-state index >= 15 is 0 Å². The fourth-order valence-corrected chi connectivity index (χ4v) is 3.30. The zero-order valence-electron chi connectivity index (χ0n) is 16.4. The molecule has 0 aliphatic heterocycles. The molecular weight excluding hydrogens is 364 g/mol. The summed E-state index contributed by atoms with van der Waals surface area (Å²) >= 11 is 0. The average Bonchev–Trinajstić information content (AvgIpc) is 3.28. The summed E-state index contributed by atoms with van der Waals surface area (Å²) in [5.41, 5.74) is 8.26. The van der Waals surface area contributed by atoms with Crippen molar-refractivity contribution < 1.29 is 4.79 Å². The molecule has 0 atom stereocenters. The lowest BCUT2D eigenvalue weighted by atomic mass is 10.2. The third-order valence-electron chi connectivity index (χ3n) is 4.84. The molecule has 0 fully saturated rings. The van der Waals surface area contributed by atoms with Crippen molar-refractivity contribution in [3.05, 3.63) is 77.9 Å². The first-order chi connectivity index (χ1) is 14.1. The molecule has 2 aromatic heterocycles. The quantitative estimate of drug-likeness (QED) is 0.408. The number of nitrogens with zero attached hydrogens (tertiary/aromatic N) is 5. The van der Waals surface area contributed by atoms with Gasteiger partial charge in [-0.1, -0.05) is 30.3 Å². The Morgan fingerprint density at radius 3 is 2.69 bits per heavy atom. The maximum Gasteiger partial charge on any atom is 0.241 e. The van der Waals surface area contributed by atoms with Crippen LogP contribution in [-0.2, 0) is 11.3 Å². The highest BCUT2D eigenvalue weighted by molar-refractivity contribution is 5.84. The molecule has 0 radical (unpaired) electrons. The van der Waals surface area contributed by atoms with Crippen molar-refractivity contribution in [2.75, 3.05) is 0 Å². The molecule has 29 heavy (non-hydrogen) atoms. The Morgan fingerprint density at radius 1 is 1.10 bits per heavy atom. The van der Waals surface area contributed by atoms with E-state index in [0.29, 0.717) is 13.0 Å². The van der Waals surface area contributed by atoms with Gasteiger partial charge in [-0.25, -0.2) is 15.1 Å². The van der Waals surface area contributed by atoms with Gasteiger partial charge in [-0.3, -0.25) is 4.79 Å². The molecule has 2 aromatic carbocycles. The Hall–Kier alpha value is -3.74. The van der Waals surface area contributed by atoms with Crippen LogP contribution in [0.15, 0.2) is 66.0 Å². The second kappa shape index (κ2) is 8.10. The standard InChI is InChI=1S/C22H22N6O/c1-16-19(17(2)28(26-16)18-8-4-3-5-9-18)14-24-25-22(29)12-13-27-15-23-20-10-6-7-11-21(20)27/h3-11,14-15H,12-13H2,1-2H3,(H,25,29)/b24-14-. The minimum atomic E-state index is -0.148. The predicted octanol–water partition coefficient (Wildman–Crippen LogP) is 3.38. The van der Waals surface area contributed by atoms with Crippen molar-refractivity contribution in [1.82, 2.24) is 24.8 Å². The Labute approximate surface area is 168 Å².